The molecule has 0 aliphatic carbocycles. The summed E-state index contributed by atoms with van der Waals surface area (Å²) in [5, 5.41) is 3.11. The van der Waals surface area contributed by atoms with Crippen molar-refractivity contribution in [3.05, 3.63) is 41.6 Å². The molecule has 0 fully saturated rings. The number of nitrogens with zero attached hydrogens (tertiary/aromatic N) is 5. The minimum absolute atomic E-state index is 0.0398. The van der Waals surface area contributed by atoms with Crippen molar-refractivity contribution >= 4 is 29.5 Å². The maximum atomic E-state index is 13.5. The smallest absolute Gasteiger partial charge is 0.410 e. The zero-order chi connectivity index (χ0) is 28.7. The molecule has 1 unspecified atom stereocenters. The monoisotopic (exact) mass is 540 g/mol. The highest BCUT2D eigenvalue weighted by Gasteiger charge is 2.28. The van der Waals surface area contributed by atoms with Crippen LogP contribution in [0.2, 0.25) is 0 Å². The van der Waals surface area contributed by atoms with Gasteiger partial charge in [-0.2, -0.15) is 4.98 Å². The first-order valence-corrected chi connectivity index (χ1v) is 13.7. The van der Waals surface area contributed by atoms with E-state index in [0.717, 1.165) is 11.3 Å². The number of hydrogen-bond donors (Lipinski definition) is 1. The van der Waals surface area contributed by atoms with E-state index in [9.17, 15) is 9.59 Å². The van der Waals surface area contributed by atoms with Crippen LogP contribution in [0.1, 0.15) is 63.9 Å². The fourth-order valence-electron chi connectivity index (χ4n) is 4.29. The Bertz CT molecular complexity index is 1130. The van der Waals surface area contributed by atoms with Crippen LogP contribution in [0.4, 0.5) is 22.2 Å². The van der Waals surface area contributed by atoms with Gasteiger partial charge in [0.2, 0.25) is 5.95 Å². The number of anilines is 3. The van der Waals surface area contributed by atoms with Crippen molar-refractivity contribution in [2.45, 2.75) is 66.3 Å². The topological polar surface area (TPSA) is 100 Å². The molecule has 3 rings (SSSR count). The molecule has 2 heterocycles. The lowest BCUT2D eigenvalue weighted by atomic mass is 10.0. The highest BCUT2D eigenvalue weighted by Crippen LogP contribution is 2.27. The third-order valence-corrected chi connectivity index (χ3v) is 6.48. The van der Waals surface area contributed by atoms with Crippen molar-refractivity contribution < 1.29 is 19.1 Å². The maximum absolute atomic E-state index is 13.5. The fourth-order valence-corrected chi connectivity index (χ4v) is 4.29. The summed E-state index contributed by atoms with van der Waals surface area (Å²) in [6, 6.07) is 7.89. The van der Waals surface area contributed by atoms with E-state index in [0.29, 0.717) is 56.5 Å². The minimum Gasteiger partial charge on any atom is -0.444 e. The van der Waals surface area contributed by atoms with E-state index in [1.54, 1.807) is 23.0 Å². The van der Waals surface area contributed by atoms with Crippen LogP contribution in [0.25, 0.3) is 0 Å². The zero-order valence-electron chi connectivity index (χ0n) is 24.7. The van der Waals surface area contributed by atoms with Crippen LogP contribution in [0.5, 0.6) is 0 Å². The second-order valence-corrected chi connectivity index (χ2v) is 11.3. The number of amides is 2. The van der Waals surface area contributed by atoms with Gasteiger partial charge in [0.25, 0.3) is 5.91 Å². The molecule has 1 aliphatic rings. The Morgan fingerprint density at radius 2 is 1.97 bits per heavy atom. The zero-order valence-corrected chi connectivity index (χ0v) is 24.7. The lowest BCUT2D eigenvalue weighted by Gasteiger charge is -2.27. The number of benzene rings is 1. The average molecular weight is 541 g/mol. The van der Waals surface area contributed by atoms with Gasteiger partial charge in [-0.15, -0.1) is 0 Å². The van der Waals surface area contributed by atoms with Crippen molar-refractivity contribution in [2.24, 2.45) is 5.92 Å². The molecule has 1 aromatic heterocycles. The SMILES string of the molecule is CCNc1ncc2c(n1)N(C)CCN(c1cccc(COC(CCN(C)C(=O)OC(C)(C)C)C(C)C)c1)C2=O. The third-order valence-electron chi connectivity index (χ3n) is 6.48. The summed E-state index contributed by atoms with van der Waals surface area (Å²) < 4.78 is 11.8. The number of hydrogen-bond acceptors (Lipinski definition) is 8. The Labute approximate surface area is 232 Å². The van der Waals surface area contributed by atoms with E-state index in [-0.39, 0.29) is 24.0 Å². The van der Waals surface area contributed by atoms with Crippen LogP contribution in [-0.4, -0.2) is 78.8 Å². The molecule has 1 N–H and O–H groups in total. The number of fused-ring (bicyclic) bond motifs is 1. The molecule has 10 nitrogen and oxygen atoms in total. The molecule has 39 heavy (non-hydrogen) atoms. The van der Waals surface area contributed by atoms with Crippen molar-refractivity contribution in [1.82, 2.24) is 14.9 Å². The Kier molecular flexibility index (Phi) is 10.1. The van der Waals surface area contributed by atoms with Gasteiger partial charge in [-0.05, 0) is 57.7 Å². The number of aromatic nitrogens is 2. The molecule has 214 valence electrons. The van der Waals surface area contributed by atoms with Crippen molar-refractivity contribution in [1.29, 1.82) is 0 Å². The van der Waals surface area contributed by atoms with Crippen molar-refractivity contribution in [3.8, 4) is 0 Å². The number of rotatable bonds is 10. The van der Waals surface area contributed by atoms with Crippen LogP contribution in [0.3, 0.4) is 0 Å². The number of likely N-dealkylation sites (N-methyl/N-ethyl adjacent to an activating group) is 1. The van der Waals surface area contributed by atoms with Crippen LogP contribution >= 0.6 is 0 Å². The Hall–Kier alpha value is -3.40. The van der Waals surface area contributed by atoms with Crippen LogP contribution in [0, 0.1) is 5.92 Å². The number of carbonyl (C=O) groups excluding carboxylic acids is 2. The molecule has 10 heteroatoms. The first-order chi connectivity index (χ1) is 18.4. The van der Waals surface area contributed by atoms with Crippen LogP contribution < -0.4 is 15.1 Å². The molecule has 0 saturated heterocycles. The Morgan fingerprint density at radius 3 is 2.64 bits per heavy atom. The predicted molar refractivity (Wildman–Crippen MR) is 154 cm³/mol. The molecule has 2 aromatic rings. The van der Waals surface area contributed by atoms with E-state index in [2.05, 4.69) is 29.1 Å². The quantitative estimate of drug-likeness (QED) is 0.459. The highest BCUT2D eigenvalue weighted by molar-refractivity contribution is 6.09. The van der Waals surface area contributed by atoms with Crippen molar-refractivity contribution in [3.63, 3.8) is 0 Å². The lowest BCUT2D eigenvalue weighted by molar-refractivity contribution is -0.00455. The summed E-state index contributed by atoms with van der Waals surface area (Å²) in [5.41, 5.74) is 1.73. The second kappa shape index (κ2) is 13.1. The van der Waals surface area contributed by atoms with E-state index in [1.807, 2.05) is 63.9 Å². The summed E-state index contributed by atoms with van der Waals surface area (Å²) in [7, 11) is 3.68. The molecule has 1 aliphatic heterocycles. The molecule has 1 aromatic carbocycles. The summed E-state index contributed by atoms with van der Waals surface area (Å²) in [6.07, 6.45) is 1.92. The summed E-state index contributed by atoms with van der Waals surface area (Å²) >= 11 is 0. The lowest BCUT2D eigenvalue weighted by Crippen LogP contribution is -2.36. The van der Waals surface area contributed by atoms with Gasteiger partial charge in [-0.25, -0.2) is 9.78 Å². The molecular weight excluding hydrogens is 496 g/mol. The summed E-state index contributed by atoms with van der Waals surface area (Å²) in [5.74, 6) is 1.29. The minimum atomic E-state index is -0.529. The maximum Gasteiger partial charge on any atom is 0.410 e. The van der Waals surface area contributed by atoms with Gasteiger partial charge in [0.05, 0.1) is 12.7 Å². The number of ether oxygens (including phenoxy) is 2. The third kappa shape index (κ3) is 8.29. The van der Waals surface area contributed by atoms with Crippen LogP contribution in [-0.2, 0) is 16.1 Å². The molecule has 0 bridgehead atoms. The fraction of sp³-hybridized carbons (Fsp3) is 0.586. The molecule has 0 spiro atoms. The first kappa shape index (κ1) is 30.1. The molecule has 0 saturated carbocycles. The van der Waals surface area contributed by atoms with Gasteiger partial charge in [0, 0.05) is 52.2 Å². The second-order valence-electron chi connectivity index (χ2n) is 11.3. The highest BCUT2D eigenvalue weighted by atomic mass is 16.6. The van der Waals surface area contributed by atoms with E-state index < -0.39 is 5.60 Å². The summed E-state index contributed by atoms with van der Waals surface area (Å²) in [4.78, 5) is 40.1. The average Bonchev–Trinajstić information content (AvgIpc) is 2.99. The molecule has 0 radical (unpaired) electrons. The first-order valence-electron chi connectivity index (χ1n) is 13.7. The molecule has 2 amide bonds. The van der Waals surface area contributed by atoms with Gasteiger partial charge in [0.15, 0.2) is 0 Å². The van der Waals surface area contributed by atoms with Gasteiger partial charge in [-0.3, -0.25) is 4.79 Å². The molecular formula is C29H44N6O4. The normalized spacial score (nSPS) is 14.6. The van der Waals surface area contributed by atoms with E-state index >= 15 is 0 Å². The Morgan fingerprint density at radius 1 is 1.23 bits per heavy atom. The van der Waals surface area contributed by atoms with Gasteiger partial charge >= 0.3 is 6.09 Å². The standard InChI is InChI=1S/C29H44N6O4/c1-9-30-27-31-18-23-25(32-27)33(7)15-16-35(26(23)36)22-12-10-11-21(17-22)19-38-24(20(2)3)13-14-34(8)28(37)39-29(4,5)6/h10-12,17-18,20,24H,9,13-16,19H2,1-8H3,(H,30,31,32). The van der Waals surface area contributed by atoms with Crippen molar-refractivity contribution in [2.75, 3.05) is 55.4 Å². The number of carbonyl (C=O) groups is 2. The predicted octanol–water partition coefficient (Wildman–Crippen LogP) is 4.80. The summed E-state index contributed by atoms with van der Waals surface area (Å²) in [6.45, 7) is 14.6. The van der Waals surface area contributed by atoms with Gasteiger partial charge in [0.1, 0.15) is 17.0 Å². The van der Waals surface area contributed by atoms with Gasteiger partial charge < -0.3 is 29.5 Å². The molecule has 1 atom stereocenters. The van der Waals surface area contributed by atoms with E-state index in [4.69, 9.17) is 9.47 Å². The van der Waals surface area contributed by atoms with Crippen LogP contribution in [0.15, 0.2) is 30.5 Å². The number of nitrogens with one attached hydrogen (secondary N) is 1. The largest absolute Gasteiger partial charge is 0.444 e. The Balaban J connectivity index is 1.67. The van der Waals surface area contributed by atoms with E-state index in [1.165, 1.54) is 0 Å². The van der Waals surface area contributed by atoms with Gasteiger partial charge in [-0.1, -0.05) is 26.0 Å².